The van der Waals surface area contributed by atoms with Crippen molar-refractivity contribution in [1.82, 2.24) is 0 Å². The molecule has 2 unspecified atom stereocenters. The Morgan fingerprint density at radius 3 is 2.33 bits per heavy atom. The molecular formula is C17H22N2O2. The van der Waals surface area contributed by atoms with Gasteiger partial charge in [0.2, 0.25) is 11.8 Å². The van der Waals surface area contributed by atoms with Gasteiger partial charge in [0.1, 0.15) is 0 Å². The third-order valence-corrected chi connectivity index (χ3v) is 4.80. The van der Waals surface area contributed by atoms with Crippen molar-refractivity contribution in [3.05, 3.63) is 23.8 Å². The zero-order chi connectivity index (χ0) is 15.0. The van der Waals surface area contributed by atoms with E-state index in [-0.39, 0.29) is 17.7 Å². The maximum absolute atomic E-state index is 12.3. The fourth-order valence-electron chi connectivity index (χ4n) is 3.31. The molecule has 2 aliphatic rings. The Morgan fingerprint density at radius 1 is 1.10 bits per heavy atom. The third kappa shape index (κ3) is 2.94. The van der Waals surface area contributed by atoms with E-state index in [9.17, 15) is 9.59 Å². The van der Waals surface area contributed by atoms with Crippen LogP contribution in [0, 0.1) is 24.7 Å². The molecule has 0 saturated heterocycles. The first-order valence-corrected chi connectivity index (χ1v) is 7.78. The summed E-state index contributed by atoms with van der Waals surface area (Å²) >= 11 is 0. The molecule has 1 aromatic rings. The molecule has 2 aliphatic carbocycles. The predicted molar refractivity (Wildman–Crippen MR) is 83.1 cm³/mol. The lowest BCUT2D eigenvalue weighted by molar-refractivity contribution is -0.120. The van der Waals surface area contributed by atoms with Crippen molar-refractivity contribution in [1.29, 1.82) is 0 Å². The first kappa shape index (κ1) is 14.1. The van der Waals surface area contributed by atoms with E-state index < -0.39 is 0 Å². The number of benzene rings is 1. The molecule has 2 atom stereocenters. The van der Waals surface area contributed by atoms with E-state index in [2.05, 4.69) is 10.6 Å². The number of fused-ring (bicyclic) bond motifs is 1. The Bertz CT molecular complexity index is 572. The maximum atomic E-state index is 12.3. The maximum Gasteiger partial charge on any atom is 0.227 e. The highest BCUT2D eigenvalue weighted by molar-refractivity contribution is 5.96. The van der Waals surface area contributed by atoms with Gasteiger partial charge in [0, 0.05) is 23.7 Å². The van der Waals surface area contributed by atoms with Gasteiger partial charge in [-0.25, -0.2) is 0 Å². The lowest BCUT2D eigenvalue weighted by Gasteiger charge is -2.16. The molecule has 4 nitrogen and oxygen atoms in total. The molecule has 4 heteroatoms. The molecular weight excluding hydrogens is 264 g/mol. The van der Waals surface area contributed by atoms with E-state index in [1.165, 1.54) is 6.42 Å². The summed E-state index contributed by atoms with van der Waals surface area (Å²) in [5.41, 5.74) is 2.49. The van der Waals surface area contributed by atoms with Crippen molar-refractivity contribution in [3.63, 3.8) is 0 Å². The summed E-state index contributed by atoms with van der Waals surface area (Å²) in [7, 11) is 0. The highest BCUT2D eigenvalue weighted by atomic mass is 16.2. The van der Waals surface area contributed by atoms with Gasteiger partial charge in [-0.15, -0.1) is 0 Å². The van der Waals surface area contributed by atoms with Crippen molar-refractivity contribution in [2.75, 3.05) is 10.6 Å². The van der Waals surface area contributed by atoms with Crippen molar-refractivity contribution in [3.8, 4) is 0 Å². The van der Waals surface area contributed by atoms with E-state index in [0.29, 0.717) is 6.42 Å². The Morgan fingerprint density at radius 2 is 1.71 bits per heavy atom. The van der Waals surface area contributed by atoms with Gasteiger partial charge in [-0.05, 0) is 55.7 Å². The predicted octanol–water partition coefficient (Wildman–Crippen LogP) is 3.33. The molecule has 2 saturated carbocycles. The number of amides is 2. The monoisotopic (exact) mass is 286 g/mol. The molecule has 0 spiro atoms. The molecule has 0 radical (unpaired) electrons. The summed E-state index contributed by atoms with van der Waals surface area (Å²) in [5.74, 6) is 1.89. The molecule has 3 rings (SSSR count). The van der Waals surface area contributed by atoms with Crippen LogP contribution < -0.4 is 10.6 Å². The molecule has 0 heterocycles. The van der Waals surface area contributed by atoms with E-state index >= 15 is 0 Å². The first-order valence-electron chi connectivity index (χ1n) is 7.78. The van der Waals surface area contributed by atoms with Crippen LogP contribution in [0.1, 0.15) is 38.2 Å². The average Bonchev–Trinajstić information content (AvgIpc) is 3.09. The zero-order valence-electron chi connectivity index (χ0n) is 12.6. The van der Waals surface area contributed by atoms with Gasteiger partial charge in [0.05, 0.1) is 0 Å². The van der Waals surface area contributed by atoms with E-state index in [1.54, 1.807) is 0 Å². The van der Waals surface area contributed by atoms with Crippen molar-refractivity contribution in [2.45, 2.75) is 39.5 Å². The molecule has 2 amide bonds. The van der Waals surface area contributed by atoms with E-state index in [1.807, 2.05) is 32.0 Å². The first-order chi connectivity index (χ1) is 10.1. The number of anilines is 2. The second-order valence-electron chi connectivity index (χ2n) is 6.29. The summed E-state index contributed by atoms with van der Waals surface area (Å²) in [6, 6.07) is 5.62. The fraction of sp³-hybridized carbons (Fsp3) is 0.529. The van der Waals surface area contributed by atoms with Gasteiger partial charge >= 0.3 is 0 Å². The minimum Gasteiger partial charge on any atom is -0.326 e. The number of hydrogen-bond acceptors (Lipinski definition) is 2. The molecule has 0 aliphatic heterocycles. The molecule has 0 aromatic heterocycles. The zero-order valence-corrected chi connectivity index (χ0v) is 12.6. The Balaban J connectivity index is 1.68. The highest BCUT2D eigenvalue weighted by Crippen LogP contribution is 2.54. The largest absolute Gasteiger partial charge is 0.326 e. The van der Waals surface area contributed by atoms with Crippen LogP contribution in [0.5, 0.6) is 0 Å². The van der Waals surface area contributed by atoms with Gasteiger partial charge < -0.3 is 10.6 Å². The van der Waals surface area contributed by atoms with Gasteiger partial charge in [0.15, 0.2) is 0 Å². The van der Waals surface area contributed by atoms with Gasteiger partial charge in [-0.1, -0.05) is 13.0 Å². The number of rotatable bonds is 4. The van der Waals surface area contributed by atoms with Crippen molar-refractivity contribution >= 4 is 23.2 Å². The van der Waals surface area contributed by atoms with Crippen LogP contribution in [0.4, 0.5) is 11.4 Å². The number of carbonyl (C=O) groups excluding carboxylic acids is 2. The highest BCUT2D eigenvalue weighted by Gasteiger charge is 2.48. The SMILES string of the molecule is CCC(=O)Nc1cccc(NC(=O)C2CC3CC3C2)c1C. The van der Waals surface area contributed by atoms with Crippen LogP contribution in [0.15, 0.2) is 18.2 Å². The smallest absolute Gasteiger partial charge is 0.227 e. The summed E-state index contributed by atoms with van der Waals surface area (Å²) < 4.78 is 0. The number of hydrogen-bond donors (Lipinski definition) is 2. The van der Waals surface area contributed by atoms with Gasteiger partial charge in [-0.2, -0.15) is 0 Å². The molecule has 2 fully saturated rings. The van der Waals surface area contributed by atoms with Crippen LogP contribution in [-0.4, -0.2) is 11.8 Å². The normalized spacial score (nSPS) is 26.1. The Hall–Kier alpha value is -1.84. The minimum absolute atomic E-state index is 0.0162. The Kier molecular flexibility index (Phi) is 3.70. The Labute approximate surface area is 125 Å². The molecule has 2 N–H and O–H groups in total. The summed E-state index contributed by atoms with van der Waals surface area (Å²) in [6.07, 6.45) is 3.85. The summed E-state index contributed by atoms with van der Waals surface area (Å²) in [5, 5.41) is 5.90. The topological polar surface area (TPSA) is 58.2 Å². The fourth-order valence-corrected chi connectivity index (χ4v) is 3.31. The van der Waals surface area contributed by atoms with Crippen LogP contribution >= 0.6 is 0 Å². The second-order valence-corrected chi connectivity index (χ2v) is 6.29. The van der Waals surface area contributed by atoms with Crippen molar-refractivity contribution in [2.24, 2.45) is 17.8 Å². The van der Waals surface area contributed by atoms with E-state index in [0.717, 1.165) is 41.6 Å². The van der Waals surface area contributed by atoms with Crippen molar-refractivity contribution < 1.29 is 9.59 Å². The molecule has 1 aromatic carbocycles. The van der Waals surface area contributed by atoms with E-state index in [4.69, 9.17) is 0 Å². The number of carbonyl (C=O) groups is 2. The lowest BCUT2D eigenvalue weighted by Crippen LogP contribution is -2.22. The lowest BCUT2D eigenvalue weighted by atomic mass is 10.0. The second kappa shape index (κ2) is 5.51. The molecule has 21 heavy (non-hydrogen) atoms. The van der Waals surface area contributed by atoms with Gasteiger partial charge in [-0.3, -0.25) is 9.59 Å². The minimum atomic E-state index is -0.0162. The summed E-state index contributed by atoms with van der Waals surface area (Å²) in [6.45, 7) is 3.74. The summed E-state index contributed by atoms with van der Waals surface area (Å²) in [4.78, 5) is 23.8. The van der Waals surface area contributed by atoms with Crippen LogP contribution in [0.3, 0.4) is 0 Å². The van der Waals surface area contributed by atoms with Gasteiger partial charge in [0.25, 0.3) is 0 Å². The molecule has 112 valence electrons. The average molecular weight is 286 g/mol. The third-order valence-electron chi connectivity index (χ3n) is 4.80. The molecule has 0 bridgehead atoms. The quantitative estimate of drug-likeness (QED) is 0.892. The number of nitrogens with one attached hydrogen (secondary N) is 2. The van der Waals surface area contributed by atoms with Crippen LogP contribution in [0.25, 0.3) is 0 Å². The standard InChI is InChI=1S/C17H22N2O2/c1-3-16(20)18-14-5-4-6-15(10(14)2)19-17(21)13-8-11-7-12(11)9-13/h4-6,11-13H,3,7-9H2,1-2H3,(H,18,20)(H,19,21). The van der Waals surface area contributed by atoms with Crippen LogP contribution in [0.2, 0.25) is 0 Å². The van der Waals surface area contributed by atoms with Crippen LogP contribution in [-0.2, 0) is 9.59 Å².